The number of amides is 2. The molecule has 54 heavy (non-hydrogen) atoms. The Bertz CT molecular complexity index is 1830. The van der Waals surface area contributed by atoms with Crippen LogP contribution in [0, 0.1) is 5.41 Å². The second-order valence-corrected chi connectivity index (χ2v) is 17.2. The van der Waals surface area contributed by atoms with E-state index in [-0.39, 0.29) is 42.2 Å². The van der Waals surface area contributed by atoms with Gasteiger partial charge in [0.25, 0.3) is 0 Å². The highest BCUT2D eigenvalue weighted by atomic mass is 32.2. The van der Waals surface area contributed by atoms with Crippen LogP contribution in [-0.2, 0) is 55.5 Å². The third-order valence-corrected chi connectivity index (χ3v) is 11.0. The molecule has 2 aromatic rings. The number of carbonyl (C=O) groups is 4. The first-order valence-electron chi connectivity index (χ1n) is 15.2. The molecule has 1 fully saturated rings. The standard InChI is InChI=1S/C24H38N7O19P3S/c1-24(2,19(37)22(38)27-4-3-13(32)26-5-6-54-15(35)7-14(33)34)9-47-53(44,45)50-52(42,43)46-8-12-18(49-51(39,40)41)17(36)23(48-12)31-11-30-16-20(25)28-10-29-21(16)31/h10-12,17-19,23,36-37H,3-9H2,1-2H3,(H,26,32)(H,27,38)(H,33,34)(H,42,43)(H,44,45)(H2,25,28,29)(H2,39,40,41)/t12-,17-,18-,19-,23-/m1/s1/i7+1. The van der Waals surface area contributed by atoms with E-state index >= 15 is 0 Å². The van der Waals surface area contributed by atoms with Crippen LogP contribution in [0.25, 0.3) is 11.2 Å². The van der Waals surface area contributed by atoms with Crippen molar-refractivity contribution in [2.45, 2.75) is 57.3 Å². The van der Waals surface area contributed by atoms with Crippen LogP contribution in [0.5, 0.6) is 0 Å². The quantitative estimate of drug-likeness (QED) is 0.0285. The van der Waals surface area contributed by atoms with Crippen molar-refractivity contribution in [2.75, 3.05) is 37.8 Å². The van der Waals surface area contributed by atoms with Crippen LogP contribution in [0.1, 0.15) is 32.9 Å². The fourth-order valence-corrected chi connectivity index (χ4v) is 7.96. The van der Waals surface area contributed by atoms with Gasteiger partial charge in [-0.1, -0.05) is 25.6 Å². The molecule has 304 valence electrons. The zero-order valence-corrected chi connectivity index (χ0v) is 31.6. The highest BCUT2D eigenvalue weighted by molar-refractivity contribution is 8.13. The molecule has 7 atom stereocenters. The lowest BCUT2D eigenvalue weighted by Crippen LogP contribution is -2.46. The summed E-state index contributed by atoms with van der Waals surface area (Å²) in [5, 5.41) is 34.0. The fourth-order valence-electron chi connectivity index (χ4n) is 4.47. The minimum Gasteiger partial charge on any atom is -0.481 e. The molecule has 0 aliphatic carbocycles. The number of hydrogen-bond donors (Lipinski definition) is 10. The van der Waals surface area contributed by atoms with Crippen molar-refractivity contribution in [3.8, 4) is 0 Å². The van der Waals surface area contributed by atoms with Crippen LogP contribution in [0.2, 0.25) is 0 Å². The number of aliphatic hydroxyl groups excluding tert-OH is 2. The van der Waals surface area contributed by atoms with E-state index in [0.29, 0.717) is 0 Å². The number of aromatic nitrogens is 4. The first-order valence-corrected chi connectivity index (χ1v) is 20.7. The zero-order valence-electron chi connectivity index (χ0n) is 28.1. The molecule has 0 spiro atoms. The van der Waals surface area contributed by atoms with Gasteiger partial charge in [0.15, 0.2) is 22.8 Å². The number of anilines is 1. The first-order chi connectivity index (χ1) is 24.9. The molecule has 26 nitrogen and oxygen atoms in total. The largest absolute Gasteiger partial charge is 0.481 e. The number of aliphatic hydroxyl groups is 2. The highest BCUT2D eigenvalue weighted by Crippen LogP contribution is 2.61. The van der Waals surface area contributed by atoms with Gasteiger partial charge in [0, 0.05) is 30.7 Å². The zero-order chi connectivity index (χ0) is 40.6. The lowest BCUT2D eigenvalue weighted by atomic mass is 9.87. The maximum Gasteiger partial charge on any atom is 0.481 e. The monoisotopic (exact) mass is 854 g/mol. The predicted molar refractivity (Wildman–Crippen MR) is 179 cm³/mol. The molecule has 3 heterocycles. The second kappa shape index (κ2) is 18.8. The average Bonchev–Trinajstić information content (AvgIpc) is 3.60. The lowest BCUT2D eigenvalue weighted by molar-refractivity contribution is -0.139. The van der Waals surface area contributed by atoms with E-state index in [1.807, 2.05) is 0 Å². The van der Waals surface area contributed by atoms with Crippen LogP contribution in [0.4, 0.5) is 5.82 Å². The van der Waals surface area contributed by atoms with Crippen molar-refractivity contribution in [2.24, 2.45) is 5.41 Å². The van der Waals surface area contributed by atoms with E-state index < -0.39 is 102 Å². The number of ether oxygens (including phenoxy) is 1. The summed E-state index contributed by atoms with van der Waals surface area (Å²) in [6.45, 7) is 0.132. The summed E-state index contributed by atoms with van der Waals surface area (Å²) in [6.07, 6.45) is -7.78. The third-order valence-electron chi connectivity index (χ3n) is 7.06. The van der Waals surface area contributed by atoms with Gasteiger partial charge in [0.05, 0.1) is 19.5 Å². The van der Waals surface area contributed by atoms with Crippen molar-refractivity contribution in [3.05, 3.63) is 12.7 Å². The van der Waals surface area contributed by atoms with Gasteiger partial charge in [-0.3, -0.25) is 37.3 Å². The molecule has 1 aliphatic heterocycles. The van der Waals surface area contributed by atoms with Crippen molar-refractivity contribution in [3.63, 3.8) is 0 Å². The summed E-state index contributed by atoms with van der Waals surface area (Å²) in [5.41, 5.74) is 4.19. The van der Waals surface area contributed by atoms with E-state index in [1.54, 1.807) is 0 Å². The Morgan fingerprint density at radius 2 is 1.72 bits per heavy atom. The average molecular weight is 855 g/mol. The number of rotatable bonds is 21. The molecule has 0 saturated carbocycles. The van der Waals surface area contributed by atoms with Crippen LogP contribution >= 0.6 is 35.2 Å². The van der Waals surface area contributed by atoms with E-state index in [9.17, 15) is 62.7 Å². The van der Waals surface area contributed by atoms with Gasteiger partial charge >= 0.3 is 29.4 Å². The number of carbonyl (C=O) groups excluding carboxylic acids is 3. The Balaban J connectivity index is 1.51. The molecular formula is C24H38N7O19P3S. The number of carboxylic acid groups (broad SMARTS) is 1. The topological polar surface area (TPSA) is 401 Å². The van der Waals surface area contributed by atoms with Gasteiger partial charge in [-0.25, -0.2) is 28.6 Å². The van der Waals surface area contributed by atoms with Crippen LogP contribution in [0.3, 0.4) is 0 Å². The number of aliphatic carboxylic acids is 1. The molecular weight excluding hydrogens is 816 g/mol. The Kier molecular flexibility index (Phi) is 15.8. The molecule has 30 heteroatoms. The maximum absolute atomic E-state index is 12.6. The number of nitrogen functional groups attached to an aromatic ring is 1. The number of nitrogens with zero attached hydrogens (tertiary/aromatic N) is 4. The van der Waals surface area contributed by atoms with Crippen molar-refractivity contribution in [1.82, 2.24) is 30.2 Å². The van der Waals surface area contributed by atoms with Crippen molar-refractivity contribution >= 4 is 75.1 Å². The number of thioether (sulfide) groups is 1. The van der Waals surface area contributed by atoms with Crippen LogP contribution < -0.4 is 16.4 Å². The van der Waals surface area contributed by atoms with Gasteiger partial charge in [-0.15, -0.1) is 0 Å². The summed E-state index contributed by atoms with van der Waals surface area (Å²) in [6, 6.07) is 0. The number of nitrogens with two attached hydrogens (primary N) is 1. The summed E-state index contributed by atoms with van der Waals surface area (Å²) in [5.74, 6) is -2.80. The van der Waals surface area contributed by atoms with Gasteiger partial charge in [0.1, 0.15) is 42.7 Å². The van der Waals surface area contributed by atoms with Gasteiger partial charge in [0.2, 0.25) is 11.8 Å². The lowest BCUT2D eigenvalue weighted by Gasteiger charge is -2.30. The summed E-state index contributed by atoms with van der Waals surface area (Å²) in [4.78, 5) is 97.0. The Morgan fingerprint density at radius 1 is 1.06 bits per heavy atom. The molecule has 1 aliphatic rings. The normalized spacial score (nSPS) is 21.9. The predicted octanol–water partition coefficient (Wildman–Crippen LogP) is -1.86. The molecule has 2 unspecified atom stereocenters. The van der Waals surface area contributed by atoms with Crippen LogP contribution in [-0.4, -0.2) is 134 Å². The maximum atomic E-state index is 12.6. The molecule has 0 radical (unpaired) electrons. The van der Waals surface area contributed by atoms with E-state index in [0.717, 1.165) is 29.0 Å². The second-order valence-electron chi connectivity index (χ2n) is 11.9. The highest BCUT2D eigenvalue weighted by Gasteiger charge is 2.50. The number of fused-ring (bicyclic) bond motifs is 1. The van der Waals surface area contributed by atoms with E-state index in [2.05, 4.69) is 34.4 Å². The number of imidazole rings is 1. The summed E-state index contributed by atoms with van der Waals surface area (Å²) < 4.78 is 61.8. The third kappa shape index (κ3) is 13.6. The number of carboxylic acids is 1. The molecule has 2 amide bonds. The number of nitrogens with one attached hydrogen (secondary N) is 2. The molecule has 0 bridgehead atoms. The molecule has 0 aromatic carbocycles. The van der Waals surface area contributed by atoms with Crippen molar-refractivity contribution < 1.29 is 90.4 Å². The SMILES string of the molecule is CC(C)(COP(=O)(O)OP(=O)(O)OC[C@H]1O[C@@H](n2cnc3c(N)ncnc32)[C@H](O)[C@@H]1OP(=O)(O)O)[C@H](O)C(=O)NCCC(=O)NCCSC(=O)[13CH2]C(=O)O. The van der Waals surface area contributed by atoms with Gasteiger partial charge in [-0.05, 0) is 0 Å². The number of phosphoric acid groups is 3. The minimum absolute atomic E-state index is 0.0185. The number of phosphoric ester groups is 3. The van der Waals surface area contributed by atoms with Crippen LogP contribution in [0.15, 0.2) is 12.7 Å². The summed E-state index contributed by atoms with van der Waals surface area (Å²) >= 11 is 0.718. The number of hydrogen-bond acceptors (Lipinski definition) is 19. The minimum atomic E-state index is -5.59. The Hall–Kier alpha value is -2.97. The van der Waals surface area contributed by atoms with Gasteiger partial charge < -0.3 is 56.0 Å². The van der Waals surface area contributed by atoms with E-state index in [4.69, 9.17) is 24.6 Å². The first kappa shape index (κ1) is 45.4. The molecule has 1 saturated heterocycles. The van der Waals surface area contributed by atoms with Crippen molar-refractivity contribution in [1.29, 1.82) is 0 Å². The molecule has 2 aromatic heterocycles. The molecule has 11 N–H and O–H groups in total. The van der Waals surface area contributed by atoms with E-state index in [1.165, 1.54) is 13.8 Å². The summed E-state index contributed by atoms with van der Waals surface area (Å²) in [7, 11) is -16.4. The smallest absolute Gasteiger partial charge is 0.481 e. The molecule has 3 rings (SSSR count). The fraction of sp³-hybridized carbons (Fsp3) is 0.625. The van der Waals surface area contributed by atoms with Gasteiger partial charge in [-0.2, -0.15) is 4.31 Å². The Labute approximate surface area is 308 Å². The Morgan fingerprint density at radius 3 is 2.37 bits per heavy atom.